The van der Waals surface area contributed by atoms with Gasteiger partial charge in [0.25, 0.3) is 0 Å². The van der Waals surface area contributed by atoms with Gasteiger partial charge in [-0.15, -0.1) is 0 Å². The molecule has 0 fully saturated rings. The Balaban J connectivity index is 2.36. The monoisotopic (exact) mass is 282 g/mol. The number of aromatic nitrogens is 2. The number of carboxylic acids is 1. The van der Waals surface area contributed by atoms with Crippen LogP contribution in [0.1, 0.15) is 17.8 Å². The predicted octanol–water partition coefficient (Wildman–Crippen LogP) is 2.65. The Hall–Kier alpha value is -1.36. The molecule has 1 heterocycles. The first-order chi connectivity index (χ1) is 7.56. The van der Waals surface area contributed by atoms with Crippen molar-refractivity contribution >= 4 is 32.9 Å². The van der Waals surface area contributed by atoms with E-state index >= 15 is 0 Å². The predicted molar refractivity (Wildman–Crippen MR) is 64.5 cm³/mol. The third kappa shape index (κ3) is 2.24. The highest BCUT2D eigenvalue weighted by Gasteiger charge is 2.07. The summed E-state index contributed by atoms with van der Waals surface area (Å²) in [7, 11) is 0. The number of imidazole rings is 1. The summed E-state index contributed by atoms with van der Waals surface area (Å²) >= 11 is 3.41. The molecule has 0 aliphatic heterocycles. The van der Waals surface area contributed by atoms with Gasteiger partial charge in [-0.25, -0.2) is 4.98 Å². The Bertz CT molecular complexity index is 548. The molecular formula is C11H11BrN2O2. The number of aryl methyl sites for hydroxylation is 2. The molecule has 2 N–H and O–H groups in total. The van der Waals surface area contributed by atoms with Gasteiger partial charge in [-0.1, -0.05) is 15.9 Å². The first-order valence-corrected chi connectivity index (χ1v) is 5.72. The number of fused-ring (bicyclic) bond motifs is 1. The van der Waals surface area contributed by atoms with E-state index in [9.17, 15) is 4.79 Å². The molecule has 2 aromatic rings. The van der Waals surface area contributed by atoms with Crippen LogP contribution >= 0.6 is 15.9 Å². The Morgan fingerprint density at radius 3 is 3.00 bits per heavy atom. The van der Waals surface area contributed by atoms with Crippen LogP contribution in [0.15, 0.2) is 16.6 Å². The van der Waals surface area contributed by atoms with Crippen molar-refractivity contribution in [2.45, 2.75) is 19.8 Å². The Labute approximate surface area is 101 Å². The van der Waals surface area contributed by atoms with E-state index in [0.29, 0.717) is 6.42 Å². The molecule has 0 spiro atoms. The highest BCUT2D eigenvalue weighted by Crippen LogP contribution is 2.22. The second-order valence-electron chi connectivity index (χ2n) is 3.70. The minimum absolute atomic E-state index is 0.0973. The number of carbonyl (C=O) groups is 1. The SMILES string of the molecule is Cc1cc(Br)cc2[nH]c(CCC(=O)O)nc12. The molecule has 0 amide bonds. The number of H-pyrrole nitrogens is 1. The number of aliphatic carboxylic acids is 1. The molecule has 1 aromatic carbocycles. The normalized spacial score (nSPS) is 10.9. The summed E-state index contributed by atoms with van der Waals surface area (Å²) in [5.74, 6) is -0.0861. The Morgan fingerprint density at radius 1 is 1.56 bits per heavy atom. The molecular weight excluding hydrogens is 272 g/mol. The van der Waals surface area contributed by atoms with Crippen LogP contribution < -0.4 is 0 Å². The van der Waals surface area contributed by atoms with Crippen molar-refractivity contribution in [2.75, 3.05) is 0 Å². The molecule has 0 atom stereocenters. The van der Waals surface area contributed by atoms with Crippen LogP contribution in [-0.2, 0) is 11.2 Å². The molecule has 16 heavy (non-hydrogen) atoms. The van der Waals surface area contributed by atoms with Gasteiger partial charge in [0.2, 0.25) is 0 Å². The number of hydrogen-bond acceptors (Lipinski definition) is 2. The summed E-state index contributed by atoms with van der Waals surface area (Å²) in [5.41, 5.74) is 2.91. The van der Waals surface area contributed by atoms with Gasteiger partial charge in [0.1, 0.15) is 5.82 Å². The number of carboxylic acid groups (broad SMARTS) is 1. The maximum absolute atomic E-state index is 10.5. The summed E-state index contributed by atoms with van der Waals surface area (Å²) in [6, 6.07) is 3.93. The van der Waals surface area contributed by atoms with Crippen molar-refractivity contribution in [3.63, 3.8) is 0 Å². The summed E-state index contributed by atoms with van der Waals surface area (Å²) in [6.07, 6.45) is 0.529. The smallest absolute Gasteiger partial charge is 0.303 e. The number of hydrogen-bond donors (Lipinski definition) is 2. The first-order valence-electron chi connectivity index (χ1n) is 4.93. The van der Waals surface area contributed by atoms with E-state index in [1.54, 1.807) is 0 Å². The molecule has 1 aromatic heterocycles. The van der Waals surface area contributed by atoms with Crippen LogP contribution in [-0.4, -0.2) is 21.0 Å². The highest BCUT2D eigenvalue weighted by molar-refractivity contribution is 9.10. The number of rotatable bonds is 3. The van der Waals surface area contributed by atoms with E-state index in [-0.39, 0.29) is 6.42 Å². The van der Waals surface area contributed by atoms with E-state index in [0.717, 1.165) is 26.9 Å². The summed E-state index contributed by atoms with van der Waals surface area (Å²) in [6.45, 7) is 1.98. The molecule has 2 rings (SSSR count). The topological polar surface area (TPSA) is 66.0 Å². The van der Waals surface area contributed by atoms with Crippen LogP contribution in [0.4, 0.5) is 0 Å². The maximum atomic E-state index is 10.5. The van der Waals surface area contributed by atoms with Gasteiger partial charge < -0.3 is 10.1 Å². The summed E-state index contributed by atoms with van der Waals surface area (Å²) in [4.78, 5) is 18.0. The standard InChI is InChI=1S/C11H11BrN2O2/c1-6-4-7(12)5-8-11(6)14-9(13-8)2-3-10(15)16/h4-5H,2-3H2,1H3,(H,13,14)(H,15,16). The van der Waals surface area contributed by atoms with Crippen LogP contribution in [0, 0.1) is 6.92 Å². The lowest BCUT2D eigenvalue weighted by Gasteiger charge is -1.94. The number of nitrogens with zero attached hydrogens (tertiary/aromatic N) is 1. The molecule has 84 valence electrons. The van der Waals surface area contributed by atoms with Gasteiger partial charge in [0, 0.05) is 10.9 Å². The van der Waals surface area contributed by atoms with E-state index in [1.165, 1.54) is 0 Å². The zero-order valence-corrected chi connectivity index (χ0v) is 10.3. The molecule has 0 saturated carbocycles. The van der Waals surface area contributed by atoms with Gasteiger partial charge in [-0.2, -0.15) is 0 Å². The van der Waals surface area contributed by atoms with Gasteiger partial charge in [-0.05, 0) is 24.6 Å². The van der Waals surface area contributed by atoms with E-state index < -0.39 is 5.97 Å². The molecule has 5 heteroatoms. The quantitative estimate of drug-likeness (QED) is 0.910. The second-order valence-corrected chi connectivity index (χ2v) is 4.61. The average Bonchev–Trinajstić information content (AvgIpc) is 2.57. The van der Waals surface area contributed by atoms with Crippen LogP contribution in [0.3, 0.4) is 0 Å². The van der Waals surface area contributed by atoms with Crippen molar-refractivity contribution in [1.29, 1.82) is 0 Å². The lowest BCUT2D eigenvalue weighted by molar-refractivity contribution is -0.137. The van der Waals surface area contributed by atoms with Crippen molar-refractivity contribution < 1.29 is 9.90 Å². The largest absolute Gasteiger partial charge is 0.481 e. The Kier molecular flexibility index (Phi) is 2.96. The van der Waals surface area contributed by atoms with Gasteiger partial charge >= 0.3 is 5.97 Å². The van der Waals surface area contributed by atoms with Gasteiger partial charge in [0.15, 0.2) is 0 Å². The third-order valence-corrected chi connectivity index (χ3v) is 2.82. The fourth-order valence-electron chi connectivity index (χ4n) is 1.64. The van der Waals surface area contributed by atoms with E-state index in [4.69, 9.17) is 5.11 Å². The maximum Gasteiger partial charge on any atom is 0.303 e. The van der Waals surface area contributed by atoms with Crippen LogP contribution in [0.5, 0.6) is 0 Å². The van der Waals surface area contributed by atoms with Crippen molar-refractivity contribution in [1.82, 2.24) is 9.97 Å². The molecule has 0 radical (unpaired) electrons. The first kappa shape index (κ1) is 11.1. The number of benzene rings is 1. The zero-order valence-electron chi connectivity index (χ0n) is 8.75. The minimum atomic E-state index is -0.807. The molecule has 0 unspecified atom stereocenters. The van der Waals surface area contributed by atoms with E-state index in [1.807, 2.05) is 19.1 Å². The van der Waals surface area contributed by atoms with Crippen LogP contribution in [0.25, 0.3) is 11.0 Å². The van der Waals surface area contributed by atoms with Gasteiger partial charge in [0.05, 0.1) is 17.5 Å². The third-order valence-electron chi connectivity index (χ3n) is 2.37. The lowest BCUT2D eigenvalue weighted by Crippen LogP contribution is -1.98. The average molecular weight is 283 g/mol. The zero-order chi connectivity index (χ0) is 11.7. The van der Waals surface area contributed by atoms with E-state index in [2.05, 4.69) is 25.9 Å². The molecule has 0 saturated heterocycles. The highest BCUT2D eigenvalue weighted by atomic mass is 79.9. The van der Waals surface area contributed by atoms with Crippen molar-refractivity contribution in [3.05, 3.63) is 28.0 Å². The number of aromatic amines is 1. The number of halogens is 1. The lowest BCUT2D eigenvalue weighted by atomic mass is 10.2. The minimum Gasteiger partial charge on any atom is -0.481 e. The fraction of sp³-hybridized carbons (Fsp3) is 0.273. The van der Waals surface area contributed by atoms with Gasteiger partial charge in [-0.3, -0.25) is 4.79 Å². The molecule has 0 bridgehead atoms. The second kappa shape index (κ2) is 4.25. The molecule has 4 nitrogen and oxygen atoms in total. The van der Waals surface area contributed by atoms with Crippen molar-refractivity contribution in [3.8, 4) is 0 Å². The van der Waals surface area contributed by atoms with Crippen molar-refractivity contribution in [2.24, 2.45) is 0 Å². The number of nitrogens with one attached hydrogen (secondary N) is 1. The molecule has 0 aliphatic carbocycles. The summed E-state index contributed by atoms with van der Waals surface area (Å²) in [5, 5.41) is 8.60. The fourth-order valence-corrected chi connectivity index (χ4v) is 2.21. The molecule has 0 aliphatic rings. The summed E-state index contributed by atoms with van der Waals surface area (Å²) < 4.78 is 0.992. The van der Waals surface area contributed by atoms with Crippen LogP contribution in [0.2, 0.25) is 0 Å². The Morgan fingerprint density at radius 2 is 2.31 bits per heavy atom.